The highest BCUT2D eigenvalue weighted by Gasteiger charge is 2.14. The Hall–Kier alpha value is -2.21. The van der Waals surface area contributed by atoms with E-state index in [0.717, 1.165) is 15.4 Å². The summed E-state index contributed by atoms with van der Waals surface area (Å²) < 4.78 is 2.57. The van der Waals surface area contributed by atoms with Crippen LogP contribution in [-0.4, -0.2) is 20.7 Å². The predicted molar refractivity (Wildman–Crippen MR) is 85.3 cm³/mol. The van der Waals surface area contributed by atoms with Gasteiger partial charge >= 0.3 is 0 Å². The fourth-order valence-corrected chi connectivity index (χ4v) is 2.70. The molecule has 0 aliphatic carbocycles. The van der Waals surface area contributed by atoms with Gasteiger partial charge in [0.1, 0.15) is 0 Å². The van der Waals surface area contributed by atoms with Crippen LogP contribution in [0.2, 0.25) is 0 Å². The van der Waals surface area contributed by atoms with Gasteiger partial charge in [-0.25, -0.2) is 0 Å². The number of fused-ring (bicyclic) bond motifs is 1. The molecule has 0 aliphatic rings. The molecular weight excluding hydrogens is 332 g/mol. The first kappa shape index (κ1) is 13.8. The minimum Gasteiger partial charge on any atom is -0.320 e. The number of nitrogens with one attached hydrogen (secondary N) is 1. The number of carbonyl (C=O) groups is 1. The molecule has 5 nitrogen and oxygen atoms in total. The quantitative estimate of drug-likeness (QED) is 0.775. The van der Waals surface area contributed by atoms with E-state index < -0.39 is 0 Å². The summed E-state index contributed by atoms with van der Waals surface area (Å²) in [5, 5.41) is 8.05. The number of benzene rings is 1. The van der Waals surface area contributed by atoms with Crippen LogP contribution in [-0.2, 0) is 7.05 Å². The summed E-state index contributed by atoms with van der Waals surface area (Å²) in [4.78, 5) is 16.7. The van der Waals surface area contributed by atoms with Crippen LogP contribution in [0.1, 0.15) is 16.1 Å². The van der Waals surface area contributed by atoms with E-state index in [0.29, 0.717) is 16.9 Å². The highest BCUT2D eigenvalue weighted by Crippen LogP contribution is 2.28. The number of nitrogens with zero attached hydrogens (tertiary/aromatic N) is 3. The number of pyridine rings is 1. The van der Waals surface area contributed by atoms with Crippen molar-refractivity contribution in [3.05, 3.63) is 52.4 Å². The SMILES string of the molecule is Cc1nn(C)cc1C(=O)Nc1ccc(Br)c2cccnc12. The van der Waals surface area contributed by atoms with Crippen LogP contribution < -0.4 is 5.32 Å². The summed E-state index contributed by atoms with van der Waals surface area (Å²) in [5.74, 6) is -0.185. The van der Waals surface area contributed by atoms with Crippen LogP contribution >= 0.6 is 15.9 Å². The van der Waals surface area contributed by atoms with Gasteiger partial charge in [-0.2, -0.15) is 5.10 Å². The molecule has 3 rings (SSSR count). The number of anilines is 1. The van der Waals surface area contributed by atoms with Gasteiger partial charge < -0.3 is 5.32 Å². The van der Waals surface area contributed by atoms with E-state index in [1.807, 2.05) is 31.2 Å². The Kier molecular flexibility index (Phi) is 3.47. The molecule has 0 atom stereocenters. The van der Waals surface area contributed by atoms with Crippen molar-refractivity contribution in [3.8, 4) is 0 Å². The molecule has 106 valence electrons. The van der Waals surface area contributed by atoms with Crippen molar-refractivity contribution in [3.63, 3.8) is 0 Å². The molecule has 1 N–H and O–H groups in total. The van der Waals surface area contributed by atoms with E-state index >= 15 is 0 Å². The lowest BCUT2D eigenvalue weighted by Gasteiger charge is -2.08. The number of hydrogen-bond donors (Lipinski definition) is 1. The third-order valence-corrected chi connectivity index (χ3v) is 3.91. The molecule has 0 spiro atoms. The zero-order valence-electron chi connectivity index (χ0n) is 11.6. The molecule has 0 radical (unpaired) electrons. The molecular formula is C15H13BrN4O. The van der Waals surface area contributed by atoms with Gasteiger partial charge in [-0.1, -0.05) is 22.0 Å². The molecule has 6 heteroatoms. The summed E-state index contributed by atoms with van der Waals surface area (Å²) in [6, 6.07) is 7.56. The van der Waals surface area contributed by atoms with Gasteiger partial charge in [0.05, 0.1) is 22.5 Å². The van der Waals surface area contributed by atoms with Crippen LogP contribution in [0.25, 0.3) is 10.9 Å². The summed E-state index contributed by atoms with van der Waals surface area (Å²) in [7, 11) is 1.79. The fraction of sp³-hybridized carbons (Fsp3) is 0.133. The van der Waals surface area contributed by atoms with Crippen molar-refractivity contribution in [1.82, 2.24) is 14.8 Å². The fourth-order valence-electron chi connectivity index (χ4n) is 2.25. The number of hydrogen-bond acceptors (Lipinski definition) is 3. The average Bonchev–Trinajstić information content (AvgIpc) is 2.81. The molecule has 3 aromatic rings. The Balaban J connectivity index is 2.01. The number of aryl methyl sites for hydroxylation is 2. The van der Waals surface area contributed by atoms with Gasteiger partial charge in [0.25, 0.3) is 5.91 Å². The summed E-state index contributed by atoms with van der Waals surface area (Å²) in [6.45, 7) is 1.81. The average molecular weight is 345 g/mol. The highest BCUT2D eigenvalue weighted by molar-refractivity contribution is 9.10. The first-order valence-corrected chi connectivity index (χ1v) is 7.20. The maximum absolute atomic E-state index is 12.4. The van der Waals surface area contributed by atoms with E-state index in [1.54, 1.807) is 24.1 Å². The third kappa shape index (κ3) is 2.54. The van der Waals surface area contributed by atoms with Crippen LogP contribution in [0.5, 0.6) is 0 Å². The summed E-state index contributed by atoms with van der Waals surface area (Å²) in [5.41, 5.74) is 2.69. The van der Waals surface area contributed by atoms with E-state index in [4.69, 9.17) is 0 Å². The maximum Gasteiger partial charge on any atom is 0.259 e. The van der Waals surface area contributed by atoms with E-state index in [1.165, 1.54) is 0 Å². The lowest BCUT2D eigenvalue weighted by Crippen LogP contribution is -2.13. The number of aromatic nitrogens is 3. The second-order valence-electron chi connectivity index (χ2n) is 4.75. The summed E-state index contributed by atoms with van der Waals surface area (Å²) in [6.07, 6.45) is 3.42. The number of rotatable bonds is 2. The van der Waals surface area contributed by atoms with Crippen molar-refractivity contribution in [2.24, 2.45) is 7.05 Å². The molecule has 0 unspecified atom stereocenters. The third-order valence-electron chi connectivity index (χ3n) is 3.22. The van der Waals surface area contributed by atoms with Crippen LogP contribution in [0.3, 0.4) is 0 Å². The van der Waals surface area contributed by atoms with E-state index in [-0.39, 0.29) is 5.91 Å². The molecule has 0 bridgehead atoms. The van der Waals surface area contributed by atoms with E-state index in [9.17, 15) is 4.79 Å². The second kappa shape index (κ2) is 5.29. The minimum atomic E-state index is -0.185. The molecule has 0 saturated carbocycles. The lowest BCUT2D eigenvalue weighted by atomic mass is 10.2. The Morgan fingerprint density at radius 2 is 2.14 bits per heavy atom. The van der Waals surface area contributed by atoms with Crippen molar-refractivity contribution in [2.45, 2.75) is 6.92 Å². The molecule has 21 heavy (non-hydrogen) atoms. The molecule has 1 amide bonds. The minimum absolute atomic E-state index is 0.185. The van der Waals surface area contributed by atoms with Crippen LogP contribution in [0.4, 0.5) is 5.69 Å². The first-order valence-electron chi connectivity index (χ1n) is 6.41. The van der Waals surface area contributed by atoms with Crippen LogP contribution in [0.15, 0.2) is 41.1 Å². The van der Waals surface area contributed by atoms with Crippen molar-refractivity contribution in [2.75, 3.05) is 5.32 Å². The Morgan fingerprint density at radius 3 is 2.86 bits per heavy atom. The molecule has 0 saturated heterocycles. The first-order chi connectivity index (χ1) is 10.1. The second-order valence-corrected chi connectivity index (χ2v) is 5.60. The van der Waals surface area contributed by atoms with Gasteiger partial charge in [0.2, 0.25) is 0 Å². The standard InChI is InChI=1S/C15H13BrN4O/c1-9-11(8-20(2)19-9)15(21)18-13-6-5-12(16)10-4-3-7-17-14(10)13/h3-8H,1-2H3,(H,18,21). The van der Waals surface area contributed by atoms with Gasteiger partial charge in [0, 0.05) is 29.3 Å². The smallest absolute Gasteiger partial charge is 0.259 e. The highest BCUT2D eigenvalue weighted by atomic mass is 79.9. The van der Waals surface area contributed by atoms with E-state index in [2.05, 4.69) is 31.3 Å². The number of amides is 1. The van der Waals surface area contributed by atoms with Gasteiger partial charge in [0.15, 0.2) is 0 Å². The zero-order chi connectivity index (χ0) is 15.0. The predicted octanol–water partition coefficient (Wildman–Crippen LogP) is 3.29. The van der Waals surface area contributed by atoms with Gasteiger partial charge in [-0.05, 0) is 25.1 Å². The molecule has 2 aromatic heterocycles. The van der Waals surface area contributed by atoms with Gasteiger partial charge in [-0.15, -0.1) is 0 Å². The molecule has 0 fully saturated rings. The number of halogens is 1. The van der Waals surface area contributed by atoms with Crippen LogP contribution in [0, 0.1) is 6.92 Å². The Labute approximate surface area is 130 Å². The lowest BCUT2D eigenvalue weighted by molar-refractivity contribution is 0.102. The Morgan fingerprint density at radius 1 is 1.33 bits per heavy atom. The van der Waals surface area contributed by atoms with Crippen molar-refractivity contribution < 1.29 is 4.79 Å². The number of carbonyl (C=O) groups excluding carboxylic acids is 1. The summed E-state index contributed by atoms with van der Waals surface area (Å²) >= 11 is 3.49. The normalized spacial score (nSPS) is 10.8. The zero-order valence-corrected chi connectivity index (χ0v) is 13.2. The molecule has 1 aromatic carbocycles. The largest absolute Gasteiger partial charge is 0.320 e. The van der Waals surface area contributed by atoms with Crippen molar-refractivity contribution in [1.29, 1.82) is 0 Å². The molecule has 0 aliphatic heterocycles. The Bertz CT molecular complexity index is 841. The monoisotopic (exact) mass is 344 g/mol. The topological polar surface area (TPSA) is 59.8 Å². The van der Waals surface area contributed by atoms with Gasteiger partial charge in [-0.3, -0.25) is 14.5 Å². The maximum atomic E-state index is 12.4. The molecule has 2 heterocycles. The van der Waals surface area contributed by atoms with Crippen molar-refractivity contribution >= 4 is 38.4 Å².